The maximum absolute atomic E-state index is 6.11. The van der Waals surface area contributed by atoms with Crippen LogP contribution in [0, 0.1) is 12.8 Å². The van der Waals surface area contributed by atoms with Gasteiger partial charge in [0.2, 0.25) is 5.95 Å². The number of likely N-dealkylation sites (tertiary alicyclic amines) is 1. The molecule has 0 saturated carbocycles. The summed E-state index contributed by atoms with van der Waals surface area (Å²) in [5.74, 6) is 2.86. The highest BCUT2D eigenvalue weighted by atomic mass is 16.5. The number of methoxy groups -OCH3 is 1. The minimum absolute atomic E-state index is 0.436. The van der Waals surface area contributed by atoms with Gasteiger partial charge in [0, 0.05) is 42.0 Å². The van der Waals surface area contributed by atoms with Crippen molar-refractivity contribution in [1.29, 1.82) is 0 Å². The van der Waals surface area contributed by atoms with Crippen LogP contribution in [-0.2, 0) is 0 Å². The third-order valence-electron chi connectivity index (χ3n) is 4.82. The second-order valence-electron chi connectivity index (χ2n) is 7.30. The number of ether oxygens (including phenoxy) is 2. The molecule has 146 valence electrons. The van der Waals surface area contributed by atoms with Gasteiger partial charge in [-0.15, -0.1) is 0 Å². The Labute approximate surface area is 160 Å². The van der Waals surface area contributed by atoms with Crippen LogP contribution in [0.3, 0.4) is 0 Å². The first-order chi connectivity index (χ1) is 12.9. The van der Waals surface area contributed by atoms with Crippen LogP contribution in [0.25, 0.3) is 0 Å². The number of aryl methyl sites for hydroxylation is 1. The Bertz CT molecular complexity index is 761. The molecule has 2 heterocycles. The summed E-state index contributed by atoms with van der Waals surface area (Å²) in [6.07, 6.45) is 1.16. The van der Waals surface area contributed by atoms with Gasteiger partial charge in [0.15, 0.2) is 11.5 Å². The number of benzene rings is 1. The molecule has 3 N–H and O–H groups in total. The Kier molecular flexibility index (Phi) is 6.01. The third kappa shape index (κ3) is 5.01. The topological polar surface area (TPSA) is 85.5 Å². The molecule has 0 unspecified atom stereocenters. The van der Waals surface area contributed by atoms with Gasteiger partial charge in [-0.25, -0.2) is 4.98 Å². The van der Waals surface area contributed by atoms with E-state index in [1.54, 1.807) is 13.2 Å². The predicted octanol–water partition coefficient (Wildman–Crippen LogP) is 3.23. The molecule has 2 aromatic rings. The summed E-state index contributed by atoms with van der Waals surface area (Å²) in [5, 5.41) is 3.18. The molecule has 7 nitrogen and oxygen atoms in total. The molecule has 0 bridgehead atoms. The van der Waals surface area contributed by atoms with Gasteiger partial charge >= 0.3 is 0 Å². The number of hydrogen-bond donors (Lipinski definition) is 2. The van der Waals surface area contributed by atoms with E-state index in [0.29, 0.717) is 41.8 Å². The fourth-order valence-electron chi connectivity index (χ4n) is 3.32. The van der Waals surface area contributed by atoms with Gasteiger partial charge in [0.1, 0.15) is 5.82 Å². The summed E-state index contributed by atoms with van der Waals surface area (Å²) in [6, 6.07) is 8.01. The van der Waals surface area contributed by atoms with Crippen LogP contribution >= 0.6 is 0 Å². The maximum Gasteiger partial charge on any atom is 0.229 e. The molecule has 1 aromatic heterocycles. The lowest BCUT2D eigenvalue weighted by Crippen LogP contribution is -2.29. The summed E-state index contributed by atoms with van der Waals surface area (Å²) in [5.41, 5.74) is 7.43. The third-order valence-corrected chi connectivity index (χ3v) is 4.82. The smallest absolute Gasteiger partial charge is 0.229 e. The minimum atomic E-state index is 0.436. The lowest BCUT2D eigenvalue weighted by molar-refractivity contribution is 0.218. The molecule has 3 rings (SSSR count). The Morgan fingerprint density at radius 3 is 2.74 bits per heavy atom. The average molecular weight is 371 g/mol. The van der Waals surface area contributed by atoms with Crippen molar-refractivity contribution < 1.29 is 9.47 Å². The van der Waals surface area contributed by atoms with Crippen molar-refractivity contribution in [3.05, 3.63) is 30.0 Å². The van der Waals surface area contributed by atoms with Crippen LogP contribution in [0.4, 0.5) is 17.5 Å². The fourth-order valence-corrected chi connectivity index (χ4v) is 3.32. The first kappa shape index (κ1) is 19.2. The quantitative estimate of drug-likeness (QED) is 0.773. The first-order valence-electron chi connectivity index (χ1n) is 9.37. The van der Waals surface area contributed by atoms with E-state index in [4.69, 9.17) is 15.2 Å². The zero-order valence-corrected chi connectivity index (χ0v) is 16.5. The lowest BCUT2D eigenvalue weighted by Gasteiger charge is -2.20. The highest BCUT2D eigenvalue weighted by Crippen LogP contribution is 2.32. The molecular weight excluding hydrogens is 342 g/mol. The maximum atomic E-state index is 6.11. The summed E-state index contributed by atoms with van der Waals surface area (Å²) < 4.78 is 11.6. The summed E-state index contributed by atoms with van der Waals surface area (Å²) in [6.45, 7) is 9.25. The van der Waals surface area contributed by atoms with Crippen LogP contribution in [0.2, 0.25) is 0 Å². The molecule has 1 aliphatic rings. The summed E-state index contributed by atoms with van der Waals surface area (Å²) in [7, 11) is 1.65. The van der Waals surface area contributed by atoms with Crippen LogP contribution in [-0.4, -0.2) is 47.7 Å². The van der Waals surface area contributed by atoms with Gasteiger partial charge in [-0.1, -0.05) is 0 Å². The standard InChI is InChI=1S/C20H29N5O2/c1-13(2)25-8-7-15(11-25)12-27-18-10-16(5-6-17(18)26-4)23-20-22-14(3)9-19(21)24-20/h5-6,9-10,13,15H,7-8,11-12H2,1-4H3,(H3,21,22,23,24)/t15-/m1/s1. The summed E-state index contributed by atoms with van der Waals surface area (Å²) >= 11 is 0. The second-order valence-corrected chi connectivity index (χ2v) is 7.30. The monoisotopic (exact) mass is 371 g/mol. The number of rotatable bonds is 7. The highest BCUT2D eigenvalue weighted by molar-refractivity contribution is 5.60. The zero-order chi connectivity index (χ0) is 19.4. The van der Waals surface area contributed by atoms with Crippen molar-refractivity contribution >= 4 is 17.5 Å². The van der Waals surface area contributed by atoms with E-state index >= 15 is 0 Å². The van der Waals surface area contributed by atoms with E-state index in [9.17, 15) is 0 Å². The van der Waals surface area contributed by atoms with E-state index in [2.05, 4.69) is 34.0 Å². The normalized spacial score (nSPS) is 17.3. The molecule has 1 aliphatic heterocycles. The molecule has 0 aliphatic carbocycles. The number of nitrogens with two attached hydrogens (primary N) is 1. The Morgan fingerprint density at radius 1 is 1.26 bits per heavy atom. The lowest BCUT2D eigenvalue weighted by atomic mass is 10.1. The Morgan fingerprint density at radius 2 is 2.07 bits per heavy atom. The molecule has 1 atom stereocenters. The van der Waals surface area contributed by atoms with E-state index in [-0.39, 0.29) is 0 Å². The molecule has 27 heavy (non-hydrogen) atoms. The van der Waals surface area contributed by atoms with Gasteiger partial charge in [-0.3, -0.25) is 0 Å². The SMILES string of the molecule is COc1ccc(Nc2nc(C)cc(N)n2)cc1OC[C@@H]1CCN(C(C)C)C1. The molecule has 1 saturated heterocycles. The van der Waals surface area contributed by atoms with Crippen molar-refractivity contribution in [2.75, 3.05) is 37.9 Å². The largest absolute Gasteiger partial charge is 0.493 e. The molecule has 0 spiro atoms. The minimum Gasteiger partial charge on any atom is -0.493 e. The van der Waals surface area contributed by atoms with Gasteiger partial charge in [0.05, 0.1) is 13.7 Å². The number of nitrogens with zero attached hydrogens (tertiary/aromatic N) is 3. The van der Waals surface area contributed by atoms with Crippen molar-refractivity contribution in [2.45, 2.75) is 33.2 Å². The van der Waals surface area contributed by atoms with Gasteiger partial charge in [-0.05, 0) is 45.9 Å². The highest BCUT2D eigenvalue weighted by Gasteiger charge is 2.25. The van der Waals surface area contributed by atoms with E-state index in [0.717, 1.165) is 30.9 Å². The average Bonchev–Trinajstić information content (AvgIpc) is 3.08. The number of anilines is 3. The van der Waals surface area contributed by atoms with Gasteiger partial charge < -0.3 is 25.4 Å². The molecule has 0 radical (unpaired) electrons. The van der Waals surface area contributed by atoms with Crippen molar-refractivity contribution in [3.8, 4) is 11.5 Å². The van der Waals surface area contributed by atoms with E-state index in [1.165, 1.54) is 0 Å². The molecule has 1 fully saturated rings. The van der Waals surface area contributed by atoms with E-state index in [1.807, 2.05) is 25.1 Å². The first-order valence-corrected chi connectivity index (χ1v) is 9.37. The van der Waals surface area contributed by atoms with Crippen LogP contribution in [0.1, 0.15) is 26.0 Å². The zero-order valence-electron chi connectivity index (χ0n) is 16.5. The number of aromatic nitrogens is 2. The van der Waals surface area contributed by atoms with E-state index < -0.39 is 0 Å². The summed E-state index contributed by atoms with van der Waals surface area (Å²) in [4.78, 5) is 11.1. The number of hydrogen-bond acceptors (Lipinski definition) is 7. The molecule has 0 amide bonds. The van der Waals surface area contributed by atoms with Crippen molar-refractivity contribution in [2.24, 2.45) is 5.92 Å². The van der Waals surface area contributed by atoms with Crippen molar-refractivity contribution in [3.63, 3.8) is 0 Å². The molecule has 1 aromatic carbocycles. The Balaban J connectivity index is 1.68. The van der Waals surface area contributed by atoms with Crippen LogP contribution in [0.5, 0.6) is 11.5 Å². The van der Waals surface area contributed by atoms with Gasteiger partial charge in [0.25, 0.3) is 0 Å². The molecular formula is C20H29N5O2. The van der Waals surface area contributed by atoms with Crippen molar-refractivity contribution in [1.82, 2.24) is 14.9 Å². The fraction of sp³-hybridized carbons (Fsp3) is 0.500. The predicted molar refractivity (Wildman–Crippen MR) is 108 cm³/mol. The Hall–Kier alpha value is -2.54. The second kappa shape index (κ2) is 8.43. The number of nitrogen functional groups attached to an aromatic ring is 1. The van der Waals surface area contributed by atoms with Crippen LogP contribution in [0.15, 0.2) is 24.3 Å². The number of nitrogens with one attached hydrogen (secondary N) is 1. The molecule has 7 heteroatoms. The van der Waals surface area contributed by atoms with Crippen LogP contribution < -0.4 is 20.5 Å². The van der Waals surface area contributed by atoms with Gasteiger partial charge in [-0.2, -0.15) is 4.98 Å².